The van der Waals surface area contributed by atoms with Gasteiger partial charge in [0.15, 0.2) is 33.3 Å². The molecule has 0 saturated heterocycles. The maximum atomic E-state index is 12.5. The summed E-state index contributed by atoms with van der Waals surface area (Å²) in [5.74, 6) is 0.949. The van der Waals surface area contributed by atoms with Crippen molar-refractivity contribution in [2.45, 2.75) is 223 Å². The zero-order valence-electron chi connectivity index (χ0n) is 42.9. The molecular weight excluding hydrogens is 921 g/mol. The average Bonchev–Trinajstić information content (AvgIpc) is 3.22. The van der Waals surface area contributed by atoms with E-state index < -0.39 is 45.6 Å². The van der Waals surface area contributed by atoms with Gasteiger partial charge in [-0.3, -0.25) is 0 Å². The Hall–Kier alpha value is -2.31. The van der Waals surface area contributed by atoms with E-state index in [-0.39, 0.29) is 49.8 Å². The summed E-state index contributed by atoms with van der Waals surface area (Å²) in [4.78, 5) is 24.6. The summed E-state index contributed by atoms with van der Waals surface area (Å²) in [5.41, 5.74) is 3.87. The van der Waals surface area contributed by atoms with Crippen LogP contribution in [0.4, 0.5) is 9.59 Å². The Labute approximate surface area is 425 Å². The molecule has 2 aromatic carbocycles. The molecule has 0 N–H and O–H groups in total. The Balaban J connectivity index is -0.000000913. The highest BCUT2D eigenvalue weighted by molar-refractivity contribution is 6.85. The van der Waals surface area contributed by atoms with Gasteiger partial charge in [0, 0.05) is 20.6 Å². The van der Waals surface area contributed by atoms with Crippen LogP contribution in [-0.4, -0.2) is 85.7 Å². The first kappa shape index (κ1) is 69.9. The van der Waals surface area contributed by atoms with E-state index in [1.807, 2.05) is 32.0 Å². The number of aryl methyl sites for hydroxylation is 2. The SMILES string of the molecule is C.C.C.C.CCCC[Si](C)(C)O[Si](C)(C)CCCC.CCCC[Si](C)(C)O[Si](C)(C)CCCOCCOC(=O)Oc1ccc(C2(c3ccc(OC(=O)OCCOC)c(C)c3)CCCCC2)cc1C.[HH]. The summed E-state index contributed by atoms with van der Waals surface area (Å²) < 4.78 is 45.3. The van der Waals surface area contributed by atoms with Crippen LogP contribution in [0.3, 0.4) is 0 Å². The van der Waals surface area contributed by atoms with Gasteiger partial charge in [0.25, 0.3) is 0 Å². The second-order valence-electron chi connectivity index (χ2n) is 20.3. The van der Waals surface area contributed by atoms with Crippen LogP contribution >= 0.6 is 0 Å². The van der Waals surface area contributed by atoms with Crippen molar-refractivity contribution in [1.82, 2.24) is 0 Å². The van der Waals surface area contributed by atoms with Crippen molar-refractivity contribution in [2.24, 2.45) is 0 Å². The third-order valence-electron chi connectivity index (χ3n) is 12.1. The van der Waals surface area contributed by atoms with E-state index in [4.69, 9.17) is 36.7 Å². The number of carbonyl (C=O) groups excluding carboxylic acids is 2. The molecule has 10 nitrogen and oxygen atoms in total. The van der Waals surface area contributed by atoms with Crippen LogP contribution in [0.2, 0.25) is 76.6 Å². The molecule has 68 heavy (non-hydrogen) atoms. The molecular formula is C54H108O10Si4. The summed E-state index contributed by atoms with van der Waals surface area (Å²) in [7, 11) is -4.48. The Bertz CT molecular complexity index is 1650. The lowest BCUT2D eigenvalue weighted by Crippen LogP contribution is -2.44. The number of methoxy groups -OCH3 is 1. The van der Waals surface area contributed by atoms with Gasteiger partial charge in [-0.1, -0.05) is 133 Å². The van der Waals surface area contributed by atoms with Gasteiger partial charge in [-0.2, -0.15) is 0 Å². The summed E-state index contributed by atoms with van der Waals surface area (Å²) in [6.07, 6.45) is 12.6. The predicted molar refractivity (Wildman–Crippen MR) is 303 cm³/mol. The first-order valence-corrected chi connectivity index (χ1v) is 37.0. The molecule has 1 saturated carbocycles. The molecule has 3 rings (SSSR count). The Morgan fingerprint density at radius 3 is 1.25 bits per heavy atom. The predicted octanol–water partition coefficient (Wildman–Crippen LogP) is 17.7. The van der Waals surface area contributed by atoms with Crippen molar-refractivity contribution < 1.29 is 47.7 Å². The molecule has 400 valence electrons. The van der Waals surface area contributed by atoms with Crippen LogP contribution in [0.1, 0.15) is 151 Å². The number of benzene rings is 2. The van der Waals surface area contributed by atoms with E-state index >= 15 is 0 Å². The van der Waals surface area contributed by atoms with E-state index in [1.54, 1.807) is 7.11 Å². The smallest absolute Gasteiger partial charge is 0.455 e. The molecule has 0 aromatic heterocycles. The normalized spacial score (nSPS) is 13.5. The van der Waals surface area contributed by atoms with Gasteiger partial charge in [0.2, 0.25) is 0 Å². The third kappa shape index (κ3) is 26.8. The van der Waals surface area contributed by atoms with Crippen LogP contribution in [0.25, 0.3) is 0 Å². The molecule has 1 aliphatic rings. The molecule has 14 heteroatoms. The van der Waals surface area contributed by atoms with E-state index in [0.717, 1.165) is 49.3 Å². The molecule has 1 fully saturated rings. The van der Waals surface area contributed by atoms with Crippen LogP contribution in [0.5, 0.6) is 11.5 Å². The van der Waals surface area contributed by atoms with Gasteiger partial charge < -0.3 is 36.7 Å². The Morgan fingerprint density at radius 2 is 0.897 bits per heavy atom. The fraction of sp³-hybridized carbons (Fsp3) is 0.741. The van der Waals surface area contributed by atoms with Gasteiger partial charge in [-0.05, 0) is 144 Å². The highest BCUT2D eigenvalue weighted by atomic mass is 28.4. The summed E-state index contributed by atoms with van der Waals surface area (Å²) >= 11 is 0. The van der Waals surface area contributed by atoms with E-state index in [1.165, 1.54) is 74.2 Å². The fourth-order valence-corrected chi connectivity index (χ4v) is 27.1. The van der Waals surface area contributed by atoms with Gasteiger partial charge in [0.05, 0.1) is 13.2 Å². The van der Waals surface area contributed by atoms with E-state index in [2.05, 4.69) is 91.3 Å². The number of hydrogen-bond acceptors (Lipinski definition) is 10. The first-order chi connectivity index (χ1) is 30.1. The minimum absolute atomic E-state index is 0. The number of unbranched alkanes of at least 4 members (excludes halogenated alkanes) is 3. The Morgan fingerprint density at radius 1 is 0.529 bits per heavy atom. The van der Waals surface area contributed by atoms with Gasteiger partial charge in [0.1, 0.15) is 24.7 Å². The highest BCUT2D eigenvalue weighted by Crippen LogP contribution is 2.46. The van der Waals surface area contributed by atoms with Crippen LogP contribution in [-0.2, 0) is 32.6 Å². The lowest BCUT2D eigenvalue weighted by Gasteiger charge is -2.39. The standard InChI is InChI=1S/C38H60O9Si2.C12H30OSi2.4CH4.H2/c1-9-10-26-48(5,6)47-49(7,8)27-14-21-42-23-25-44-37(40)46-35-18-16-33(29-31(35)3)38(19-12-11-13-20-38)32-15-17-34(30(2)28-32)45-36(39)43-24-22-41-4;1-7-9-11-14(3,4)13-15(5,6)12-10-8-2;;;;;/h15-18,28-29H,9-14,19-27H2,1-8H3;7-12H2,1-6H3;4*1H4;1H. The highest BCUT2D eigenvalue weighted by Gasteiger charge is 2.37. The number of ether oxygens (including phenoxy) is 6. The molecule has 1 aliphatic carbocycles. The zero-order chi connectivity index (χ0) is 47.9. The minimum Gasteiger partial charge on any atom is -0.455 e. The molecule has 0 bridgehead atoms. The first-order valence-electron chi connectivity index (χ1n) is 24.5. The topological polar surface area (TPSA) is 108 Å². The largest absolute Gasteiger partial charge is 0.513 e. The van der Waals surface area contributed by atoms with E-state index in [9.17, 15) is 9.59 Å². The minimum atomic E-state index is -1.73. The Kier molecular flexibility index (Phi) is 35.9. The quantitative estimate of drug-likeness (QED) is 0.0371. The van der Waals surface area contributed by atoms with Crippen molar-refractivity contribution in [2.75, 3.05) is 40.1 Å². The maximum absolute atomic E-state index is 12.5. The van der Waals surface area contributed by atoms with E-state index in [0.29, 0.717) is 31.3 Å². The maximum Gasteiger partial charge on any atom is 0.513 e. The van der Waals surface area contributed by atoms with Gasteiger partial charge in [-0.15, -0.1) is 0 Å². The molecule has 0 radical (unpaired) electrons. The molecule has 0 amide bonds. The third-order valence-corrected chi connectivity index (χ3v) is 27.1. The molecule has 0 spiro atoms. The van der Waals surface area contributed by atoms with Crippen LogP contribution in [0, 0.1) is 13.8 Å². The molecule has 2 aromatic rings. The molecule has 0 unspecified atom stereocenters. The van der Waals surface area contributed by atoms with Crippen molar-refractivity contribution in [3.05, 3.63) is 58.7 Å². The molecule has 0 atom stereocenters. The summed E-state index contributed by atoms with van der Waals surface area (Å²) in [5, 5.41) is 0. The number of hydrogen-bond donors (Lipinski definition) is 0. The van der Waals surface area contributed by atoms with Crippen molar-refractivity contribution in [3.63, 3.8) is 0 Å². The van der Waals surface area contributed by atoms with Gasteiger partial charge in [-0.25, -0.2) is 9.59 Å². The second-order valence-corrected chi connectivity index (χ2v) is 38.0. The van der Waals surface area contributed by atoms with Crippen LogP contribution < -0.4 is 9.47 Å². The van der Waals surface area contributed by atoms with Crippen molar-refractivity contribution in [3.8, 4) is 11.5 Å². The number of carbonyl (C=O) groups is 2. The van der Waals surface area contributed by atoms with Crippen LogP contribution in [0.15, 0.2) is 36.4 Å². The second kappa shape index (κ2) is 34.9. The summed E-state index contributed by atoms with van der Waals surface area (Å²) in [6.45, 7) is 31.0. The fourth-order valence-electron chi connectivity index (χ4n) is 8.86. The summed E-state index contributed by atoms with van der Waals surface area (Å²) in [6, 6.07) is 17.0. The van der Waals surface area contributed by atoms with Gasteiger partial charge >= 0.3 is 12.3 Å². The monoisotopic (exact) mass is 1030 g/mol. The van der Waals surface area contributed by atoms with Crippen molar-refractivity contribution in [1.29, 1.82) is 0 Å². The lowest BCUT2D eigenvalue weighted by molar-refractivity contribution is 0.0520. The molecule has 0 aliphatic heterocycles. The zero-order valence-corrected chi connectivity index (χ0v) is 46.9. The van der Waals surface area contributed by atoms with Crippen molar-refractivity contribution >= 4 is 45.6 Å². The molecule has 0 heterocycles. The average molecular weight is 1030 g/mol. The lowest BCUT2D eigenvalue weighted by atomic mass is 9.65. The number of rotatable bonds is 27.